The molecule has 0 aliphatic heterocycles. The zero-order chi connectivity index (χ0) is 24.4. The fourth-order valence-corrected chi connectivity index (χ4v) is 4.49. The van der Waals surface area contributed by atoms with Crippen molar-refractivity contribution in [2.45, 2.75) is 12.5 Å². The first kappa shape index (κ1) is 22.2. The zero-order valence-corrected chi connectivity index (χ0v) is 19.1. The number of nitrogens with one attached hydrogen (secondary N) is 2. The number of ether oxygens (including phenoxy) is 1. The van der Waals surface area contributed by atoms with Crippen LogP contribution in [0.5, 0.6) is 5.75 Å². The maximum atomic E-state index is 12.9. The minimum absolute atomic E-state index is 0.0285. The smallest absolute Gasteiger partial charge is 0.270 e. The number of hydrogen-bond donors (Lipinski definition) is 2. The Kier molecular flexibility index (Phi) is 5.93. The van der Waals surface area contributed by atoms with Gasteiger partial charge in [-0.25, -0.2) is 0 Å². The SMILES string of the molecule is COc1ccc(C(CNC(=O)Cn2ccc3cc([N+](=O)[O-])ccc32)c2c[nH]c3ccccc23)cc1. The number of para-hydroxylation sites is 1. The van der Waals surface area contributed by atoms with E-state index in [1.54, 1.807) is 30.0 Å². The van der Waals surface area contributed by atoms with Crippen LogP contribution in [-0.4, -0.2) is 34.0 Å². The van der Waals surface area contributed by atoms with Crippen LogP contribution in [-0.2, 0) is 11.3 Å². The molecule has 3 aromatic carbocycles. The van der Waals surface area contributed by atoms with Gasteiger partial charge in [0.2, 0.25) is 5.91 Å². The Morgan fingerprint density at radius 3 is 2.69 bits per heavy atom. The third-order valence-electron chi connectivity index (χ3n) is 6.30. The van der Waals surface area contributed by atoms with Crippen LogP contribution >= 0.6 is 0 Å². The average Bonchev–Trinajstić information content (AvgIpc) is 3.48. The van der Waals surface area contributed by atoms with Crippen LogP contribution in [0.2, 0.25) is 0 Å². The summed E-state index contributed by atoms with van der Waals surface area (Å²) in [6.45, 7) is 0.530. The van der Waals surface area contributed by atoms with Gasteiger partial charge < -0.3 is 19.6 Å². The molecule has 0 aliphatic carbocycles. The summed E-state index contributed by atoms with van der Waals surface area (Å²) in [5, 5.41) is 16.0. The highest BCUT2D eigenvalue weighted by Crippen LogP contribution is 2.31. The van der Waals surface area contributed by atoms with Gasteiger partial charge in [-0.05, 0) is 41.5 Å². The van der Waals surface area contributed by atoms with E-state index in [2.05, 4.69) is 16.4 Å². The van der Waals surface area contributed by atoms with Crippen molar-refractivity contribution < 1.29 is 14.5 Å². The van der Waals surface area contributed by atoms with E-state index >= 15 is 0 Å². The number of fused-ring (bicyclic) bond motifs is 2. The normalized spacial score (nSPS) is 12.0. The van der Waals surface area contributed by atoms with Gasteiger partial charge in [0.05, 0.1) is 12.0 Å². The summed E-state index contributed by atoms with van der Waals surface area (Å²) in [4.78, 5) is 26.9. The second-order valence-corrected chi connectivity index (χ2v) is 8.36. The van der Waals surface area contributed by atoms with E-state index in [0.717, 1.165) is 38.7 Å². The molecular weight excluding hydrogens is 444 g/mol. The lowest BCUT2D eigenvalue weighted by atomic mass is 9.91. The number of benzene rings is 3. The minimum Gasteiger partial charge on any atom is -0.497 e. The highest BCUT2D eigenvalue weighted by molar-refractivity contribution is 5.86. The van der Waals surface area contributed by atoms with Crippen molar-refractivity contribution in [1.29, 1.82) is 0 Å². The highest BCUT2D eigenvalue weighted by Gasteiger charge is 2.20. The van der Waals surface area contributed by atoms with Gasteiger partial charge in [0.15, 0.2) is 0 Å². The molecule has 5 aromatic rings. The van der Waals surface area contributed by atoms with E-state index in [0.29, 0.717) is 6.54 Å². The maximum absolute atomic E-state index is 12.9. The summed E-state index contributed by atoms with van der Waals surface area (Å²) in [7, 11) is 1.63. The first-order valence-electron chi connectivity index (χ1n) is 11.2. The van der Waals surface area contributed by atoms with Crippen molar-refractivity contribution >= 4 is 33.4 Å². The molecule has 8 nitrogen and oxygen atoms in total. The molecule has 5 rings (SSSR count). The van der Waals surface area contributed by atoms with E-state index in [-0.39, 0.29) is 24.1 Å². The number of nitro benzene ring substituents is 1. The third-order valence-corrected chi connectivity index (χ3v) is 6.30. The van der Waals surface area contributed by atoms with Crippen LogP contribution in [0, 0.1) is 10.1 Å². The summed E-state index contributed by atoms with van der Waals surface area (Å²) < 4.78 is 7.10. The Balaban J connectivity index is 1.37. The molecule has 0 bridgehead atoms. The molecular formula is C27H24N4O4. The lowest BCUT2D eigenvalue weighted by Crippen LogP contribution is -2.31. The van der Waals surface area contributed by atoms with E-state index in [4.69, 9.17) is 4.74 Å². The number of H-pyrrole nitrogens is 1. The number of aromatic amines is 1. The summed E-state index contributed by atoms with van der Waals surface area (Å²) in [5.74, 6) is 0.569. The Morgan fingerprint density at radius 1 is 1.11 bits per heavy atom. The fourth-order valence-electron chi connectivity index (χ4n) is 4.49. The lowest BCUT2D eigenvalue weighted by molar-refractivity contribution is -0.384. The number of nitro groups is 1. The van der Waals surface area contributed by atoms with E-state index in [1.807, 2.05) is 48.7 Å². The molecule has 35 heavy (non-hydrogen) atoms. The first-order chi connectivity index (χ1) is 17.0. The molecule has 0 saturated heterocycles. The molecule has 0 fully saturated rings. The largest absolute Gasteiger partial charge is 0.497 e. The molecule has 2 aromatic heterocycles. The van der Waals surface area contributed by atoms with Gasteiger partial charge in [0.1, 0.15) is 12.3 Å². The quantitative estimate of drug-likeness (QED) is 0.247. The van der Waals surface area contributed by atoms with Gasteiger partial charge in [-0.2, -0.15) is 0 Å². The Hall–Kier alpha value is -4.59. The third kappa shape index (κ3) is 4.46. The number of rotatable bonds is 8. The summed E-state index contributed by atoms with van der Waals surface area (Å²) >= 11 is 0. The molecule has 2 heterocycles. The van der Waals surface area contributed by atoms with Gasteiger partial charge in [-0.1, -0.05) is 30.3 Å². The number of methoxy groups -OCH3 is 1. The summed E-state index contributed by atoms with van der Waals surface area (Å²) in [6, 6.07) is 22.4. The Labute approximate surface area is 201 Å². The number of hydrogen-bond acceptors (Lipinski definition) is 4. The topological polar surface area (TPSA) is 102 Å². The number of carbonyl (C=O) groups is 1. The Bertz CT molecular complexity index is 1520. The number of aromatic nitrogens is 2. The molecule has 2 N–H and O–H groups in total. The molecule has 0 spiro atoms. The molecule has 0 radical (unpaired) electrons. The number of carbonyl (C=O) groups excluding carboxylic acids is 1. The molecule has 8 heteroatoms. The summed E-state index contributed by atoms with van der Waals surface area (Å²) in [6.07, 6.45) is 3.77. The molecule has 176 valence electrons. The van der Waals surface area contributed by atoms with Crippen LogP contribution in [0.3, 0.4) is 0 Å². The van der Waals surface area contributed by atoms with Gasteiger partial charge in [0.25, 0.3) is 5.69 Å². The molecule has 1 unspecified atom stereocenters. The second-order valence-electron chi connectivity index (χ2n) is 8.36. The Morgan fingerprint density at radius 2 is 1.91 bits per heavy atom. The minimum atomic E-state index is -0.423. The van der Waals surface area contributed by atoms with Crippen LogP contribution in [0.4, 0.5) is 5.69 Å². The zero-order valence-electron chi connectivity index (χ0n) is 19.1. The van der Waals surface area contributed by atoms with E-state index in [9.17, 15) is 14.9 Å². The fraction of sp³-hybridized carbons (Fsp3) is 0.148. The highest BCUT2D eigenvalue weighted by atomic mass is 16.6. The average molecular weight is 469 g/mol. The van der Waals surface area contributed by atoms with Crippen molar-refractivity contribution in [2.75, 3.05) is 13.7 Å². The number of nitrogens with zero attached hydrogens (tertiary/aromatic N) is 2. The lowest BCUT2D eigenvalue weighted by Gasteiger charge is -2.19. The van der Waals surface area contributed by atoms with E-state index in [1.165, 1.54) is 12.1 Å². The summed E-state index contributed by atoms with van der Waals surface area (Å²) in [5.41, 5.74) is 4.01. The van der Waals surface area contributed by atoms with Crippen molar-refractivity contribution in [3.63, 3.8) is 0 Å². The molecule has 0 aliphatic rings. The monoisotopic (exact) mass is 468 g/mol. The number of amides is 1. The molecule has 1 amide bonds. The van der Waals surface area contributed by atoms with Crippen LogP contribution in [0.15, 0.2) is 85.2 Å². The molecule has 0 saturated carbocycles. The van der Waals surface area contributed by atoms with Crippen molar-refractivity contribution in [3.8, 4) is 5.75 Å². The van der Waals surface area contributed by atoms with Crippen molar-refractivity contribution in [1.82, 2.24) is 14.9 Å². The van der Waals surface area contributed by atoms with Gasteiger partial charge >= 0.3 is 0 Å². The predicted molar refractivity (Wildman–Crippen MR) is 135 cm³/mol. The second kappa shape index (κ2) is 9.34. The van der Waals surface area contributed by atoms with Crippen LogP contribution in [0.25, 0.3) is 21.8 Å². The number of non-ortho nitro benzene ring substituents is 1. The maximum Gasteiger partial charge on any atom is 0.270 e. The van der Waals surface area contributed by atoms with Crippen LogP contribution in [0.1, 0.15) is 17.0 Å². The van der Waals surface area contributed by atoms with Gasteiger partial charge in [-0.15, -0.1) is 0 Å². The predicted octanol–water partition coefficient (Wildman–Crippen LogP) is 4.99. The standard InChI is InChI=1S/C27H24N4O4/c1-35-21-9-6-18(7-10-21)23(24-16-28-25-5-3-2-4-22(24)25)15-29-27(32)17-30-13-12-19-14-20(31(33)34)8-11-26(19)30/h2-14,16,23,28H,15,17H2,1H3,(H,29,32). The first-order valence-corrected chi connectivity index (χ1v) is 11.2. The van der Waals surface area contributed by atoms with E-state index < -0.39 is 4.92 Å². The van der Waals surface area contributed by atoms with Gasteiger partial charge in [0, 0.05) is 58.8 Å². The van der Waals surface area contributed by atoms with Crippen molar-refractivity contribution in [3.05, 3.63) is 106 Å². The van der Waals surface area contributed by atoms with Crippen LogP contribution < -0.4 is 10.1 Å². The molecule has 1 atom stereocenters. The van der Waals surface area contributed by atoms with Crippen molar-refractivity contribution in [2.24, 2.45) is 0 Å². The van der Waals surface area contributed by atoms with Gasteiger partial charge in [-0.3, -0.25) is 14.9 Å².